The van der Waals surface area contributed by atoms with E-state index in [-0.39, 0.29) is 18.0 Å². The molecule has 0 fully saturated rings. The minimum absolute atomic E-state index is 0.0313. The summed E-state index contributed by atoms with van der Waals surface area (Å²) in [4.78, 5) is 37.1. The maximum absolute atomic E-state index is 12.4. The van der Waals surface area contributed by atoms with Crippen LogP contribution in [0.1, 0.15) is 20.3 Å². The van der Waals surface area contributed by atoms with Crippen LogP contribution in [-0.2, 0) is 19.1 Å². The van der Waals surface area contributed by atoms with Crippen LogP contribution in [0, 0.1) is 5.92 Å². The summed E-state index contributed by atoms with van der Waals surface area (Å²) in [5, 5.41) is 12.6. The smallest absolute Gasteiger partial charge is 0.274 e. The van der Waals surface area contributed by atoms with Crippen LogP contribution in [0.5, 0.6) is 0 Å². The van der Waals surface area contributed by atoms with Crippen molar-refractivity contribution >= 4 is 17.5 Å². The van der Waals surface area contributed by atoms with Crippen molar-refractivity contribution in [1.29, 1.82) is 0 Å². The highest BCUT2D eigenvalue weighted by Gasteiger charge is 2.36. The summed E-state index contributed by atoms with van der Waals surface area (Å²) in [6.45, 7) is 4.46. The number of aliphatic hydroxyl groups is 1. The highest BCUT2D eigenvalue weighted by molar-refractivity contribution is 6.13. The summed E-state index contributed by atoms with van der Waals surface area (Å²) in [6.07, 6.45) is 0.744. The Balaban J connectivity index is 2.94. The number of allylic oxidation sites excluding steroid dienone is 1. The molecule has 0 aromatic heterocycles. The van der Waals surface area contributed by atoms with E-state index < -0.39 is 23.4 Å². The van der Waals surface area contributed by atoms with Gasteiger partial charge in [-0.1, -0.05) is 6.92 Å². The Hall–Kier alpha value is -1.89. The highest BCUT2D eigenvalue weighted by atomic mass is 16.5. The molecule has 1 heterocycles. The molecule has 1 unspecified atom stereocenters. The van der Waals surface area contributed by atoms with E-state index in [4.69, 9.17) is 4.74 Å². The fraction of sp³-hybridized carbons (Fsp3) is 0.643. The molecular formula is C14H22N2O5. The van der Waals surface area contributed by atoms with Gasteiger partial charge in [0.05, 0.1) is 6.61 Å². The number of nitrogens with zero attached hydrogens (tertiary/aromatic N) is 1. The first-order valence-corrected chi connectivity index (χ1v) is 6.94. The van der Waals surface area contributed by atoms with Gasteiger partial charge in [0.25, 0.3) is 5.91 Å². The molecule has 1 aliphatic rings. The third kappa shape index (κ3) is 4.04. The second-order valence-electron chi connectivity index (χ2n) is 4.92. The van der Waals surface area contributed by atoms with E-state index in [0.29, 0.717) is 19.7 Å². The average molecular weight is 298 g/mol. The van der Waals surface area contributed by atoms with Gasteiger partial charge in [0.2, 0.25) is 5.78 Å². The van der Waals surface area contributed by atoms with Crippen LogP contribution >= 0.6 is 0 Å². The van der Waals surface area contributed by atoms with Crippen LogP contribution in [0.4, 0.5) is 0 Å². The monoisotopic (exact) mass is 298 g/mol. The standard InChI is InChI=1S/C14H22N2O5/c1-4-5-16(6-7-21-3)14(20)11-13(19)12(18)10(8-15-11)9(2)17/h10,15,19H,4-8H2,1-3H3. The molecular weight excluding hydrogens is 276 g/mol. The molecule has 0 aliphatic carbocycles. The van der Waals surface area contributed by atoms with Crippen molar-refractivity contribution in [3.8, 4) is 0 Å². The number of hydrogen-bond acceptors (Lipinski definition) is 6. The van der Waals surface area contributed by atoms with Gasteiger partial charge in [-0.15, -0.1) is 0 Å². The van der Waals surface area contributed by atoms with Crippen molar-refractivity contribution < 1.29 is 24.2 Å². The fourth-order valence-corrected chi connectivity index (χ4v) is 2.12. The van der Waals surface area contributed by atoms with Gasteiger partial charge in [-0.3, -0.25) is 14.4 Å². The SMILES string of the molecule is CCCN(CCOC)C(=O)C1=C(O)C(=O)C(C(C)=O)CN1. The van der Waals surface area contributed by atoms with Crippen LogP contribution in [0.2, 0.25) is 0 Å². The van der Waals surface area contributed by atoms with E-state index >= 15 is 0 Å². The molecule has 1 aliphatic heterocycles. The lowest BCUT2D eigenvalue weighted by Gasteiger charge is -2.27. The maximum atomic E-state index is 12.4. The van der Waals surface area contributed by atoms with Crippen molar-refractivity contribution in [1.82, 2.24) is 10.2 Å². The zero-order chi connectivity index (χ0) is 16.0. The highest BCUT2D eigenvalue weighted by Crippen LogP contribution is 2.16. The summed E-state index contributed by atoms with van der Waals surface area (Å²) in [7, 11) is 1.53. The van der Waals surface area contributed by atoms with Crippen molar-refractivity contribution in [2.24, 2.45) is 5.92 Å². The van der Waals surface area contributed by atoms with E-state index in [0.717, 1.165) is 6.42 Å². The average Bonchev–Trinajstić information content (AvgIpc) is 2.45. The molecule has 1 rings (SSSR count). The van der Waals surface area contributed by atoms with Crippen molar-refractivity contribution in [3.05, 3.63) is 11.5 Å². The Labute approximate surface area is 123 Å². The van der Waals surface area contributed by atoms with Gasteiger partial charge < -0.3 is 20.1 Å². The summed E-state index contributed by atoms with van der Waals surface area (Å²) in [5.74, 6) is -3.09. The Kier molecular flexibility index (Phi) is 6.36. The zero-order valence-electron chi connectivity index (χ0n) is 12.6. The summed E-state index contributed by atoms with van der Waals surface area (Å²) < 4.78 is 4.95. The maximum Gasteiger partial charge on any atom is 0.274 e. The topological polar surface area (TPSA) is 95.9 Å². The molecule has 0 spiro atoms. The molecule has 0 bridgehead atoms. The quantitative estimate of drug-likeness (QED) is 0.643. The number of hydrogen-bond donors (Lipinski definition) is 2. The summed E-state index contributed by atoms with van der Waals surface area (Å²) in [5.41, 5.74) is -0.137. The van der Waals surface area contributed by atoms with E-state index in [2.05, 4.69) is 5.32 Å². The Bertz CT molecular complexity index is 458. The van der Waals surface area contributed by atoms with Gasteiger partial charge in [-0.25, -0.2) is 0 Å². The van der Waals surface area contributed by atoms with Gasteiger partial charge >= 0.3 is 0 Å². The van der Waals surface area contributed by atoms with E-state index in [1.54, 1.807) is 0 Å². The van der Waals surface area contributed by atoms with Crippen LogP contribution in [0.3, 0.4) is 0 Å². The number of Topliss-reactive ketones (excluding diaryl/α,β-unsaturated/α-hetero) is 2. The third-order valence-corrected chi connectivity index (χ3v) is 3.32. The molecule has 0 saturated carbocycles. The van der Waals surface area contributed by atoms with E-state index in [1.165, 1.54) is 18.9 Å². The summed E-state index contributed by atoms with van der Waals surface area (Å²) >= 11 is 0. The number of methoxy groups -OCH3 is 1. The van der Waals surface area contributed by atoms with Crippen LogP contribution in [0.15, 0.2) is 11.5 Å². The van der Waals surface area contributed by atoms with Gasteiger partial charge in [0.1, 0.15) is 17.4 Å². The first kappa shape index (κ1) is 17.2. The molecule has 0 saturated heterocycles. The van der Waals surface area contributed by atoms with E-state index in [9.17, 15) is 19.5 Å². The number of rotatable bonds is 7. The van der Waals surface area contributed by atoms with E-state index in [1.807, 2.05) is 6.92 Å². The molecule has 0 radical (unpaired) electrons. The largest absolute Gasteiger partial charge is 0.503 e. The number of aliphatic hydroxyl groups excluding tert-OH is 1. The number of carbonyl (C=O) groups excluding carboxylic acids is 3. The molecule has 118 valence electrons. The first-order chi connectivity index (χ1) is 9.93. The molecule has 1 atom stereocenters. The molecule has 7 heteroatoms. The van der Waals surface area contributed by atoms with Crippen LogP contribution in [0.25, 0.3) is 0 Å². The van der Waals surface area contributed by atoms with Gasteiger partial charge in [-0.2, -0.15) is 0 Å². The molecule has 7 nitrogen and oxygen atoms in total. The van der Waals surface area contributed by atoms with Gasteiger partial charge in [0, 0.05) is 26.7 Å². The Morgan fingerprint density at radius 3 is 2.62 bits per heavy atom. The number of amides is 1. The number of ether oxygens (including phenoxy) is 1. The molecule has 2 N–H and O–H groups in total. The predicted molar refractivity (Wildman–Crippen MR) is 75.6 cm³/mol. The lowest BCUT2D eigenvalue weighted by Crippen LogP contribution is -2.46. The Morgan fingerprint density at radius 2 is 2.10 bits per heavy atom. The Morgan fingerprint density at radius 1 is 1.43 bits per heavy atom. The van der Waals surface area contributed by atoms with Gasteiger partial charge in [-0.05, 0) is 13.3 Å². The zero-order valence-corrected chi connectivity index (χ0v) is 12.6. The van der Waals surface area contributed by atoms with Crippen LogP contribution < -0.4 is 5.32 Å². The van der Waals surface area contributed by atoms with Gasteiger partial charge in [0.15, 0.2) is 5.76 Å². The summed E-state index contributed by atoms with van der Waals surface area (Å²) in [6, 6.07) is 0. The van der Waals surface area contributed by atoms with Crippen LogP contribution in [-0.4, -0.2) is 60.8 Å². The molecule has 0 aromatic rings. The lowest BCUT2D eigenvalue weighted by atomic mass is 9.94. The second-order valence-corrected chi connectivity index (χ2v) is 4.92. The minimum Gasteiger partial charge on any atom is -0.503 e. The fourth-order valence-electron chi connectivity index (χ4n) is 2.12. The number of carbonyl (C=O) groups is 3. The lowest BCUT2D eigenvalue weighted by molar-refractivity contribution is -0.134. The number of ketones is 2. The van der Waals surface area contributed by atoms with Crippen molar-refractivity contribution in [2.75, 3.05) is 33.4 Å². The first-order valence-electron chi connectivity index (χ1n) is 6.94. The number of nitrogens with one attached hydrogen (secondary N) is 1. The van der Waals surface area contributed by atoms with Crippen molar-refractivity contribution in [3.63, 3.8) is 0 Å². The minimum atomic E-state index is -0.930. The second kappa shape index (κ2) is 7.78. The normalized spacial score (nSPS) is 18.4. The third-order valence-electron chi connectivity index (χ3n) is 3.32. The molecule has 0 aromatic carbocycles. The van der Waals surface area contributed by atoms with Crippen molar-refractivity contribution in [2.45, 2.75) is 20.3 Å². The molecule has 21 heavy (non-hydrogen) atoms. The molecule has 1 amide bonds. The predicted octanol–water partition coefficient (Wildman–Crippen LogP) is 0.0185.